The van der Waals surface area contributed by atoms with Crippen molar-refractivity contribution in [3.63, 3.8) is 0 Å². The Bertz CT molecular complexity index is 600. The number of hydrogen-bond donors (Lipinski definition) is 2. The number of rotatable bonds is 6. The lowest BCUT2D eigenvalue weighted by Crippen LogP contribution is -2.01. The van der Waals surface area contributed by atoms with Gasteiger partial charge in [0.1, 0.15) is 22.5 Å². The van der Waals surface area contributed by atoms with E-state index in [-0.39, 0.29) is 0 Å². The lowest BCUT2D eigenvalue weighted by molar-refractivity contribution is 0.332. The minimum atomic E-state index is 0.330. The second-order valence-corrected chi connectivity index (χ2v) is 4.64. The molecule has 0 bridgehead atoms. The molecule has 6 heteroatoms. The fourth-order valence-electron chi connectivity index (χ4n) is 1.86. The van der Waals surface area contributed by atoms with Gasteiger partial charge in [-0.05, 0) is 32.0 Å². The van der Waals surface area contributed by atoms with E-state index in [1.54, 1.807) is 12.1 Å². The third-order valence-electron chi connectivity index (χ3n) is 2.64. The number of nitrogens with two attached hydrogens (primary N) is 1. The topological polar surface area (TPSA) is 69.4 Å². The Morgan fingerprint density at radius 2 is 1.90 bits per heavy atom. The van der Waals surface area contributed by atoms with Crippen LogP contribution in [0.15, 0.2) is 30.3 Å². The zero-order valence-corrected chi connectivity index (χ0v) is 12.8. The molecule has 5 nitrogen and oxygen atoms in total. The van der Waals surface area contributed by atoms with Gasteiger partial charge in [0.15, 0.2) is 0 Å². The Kier molecular flexibility index (Phi) is 5.11. The summed E-state index contributed by atoms with van der Waals surface area (Å²) in [6.45, 7) is 5.02. The smallest absolute Gasteiger partial charge is 0.143 e. The quantitative estimate of drug-likeness (QED) is 0.793. The van der Waals surface area contributed by atoms with Gasteiger partial charge >= 0.3 is 0 Å². The number of nitrogen functional groups attached to an aromatic ring is 1. The molecule has 0 spiro atoms. The van der Waals surface area contributed by atoms with Crippen molar-refractivity contribution in [3.8, 4) is 11.5 Å². The molecule has 2 rings (SSSR count). The number of hydrogen-bond acceptors (Lipinski definition) is 5. The molecule has 1 aromatic heterocycles. The molecular formula is C15H18ClN3O2. The minimum absolute atomic E-state index is 0.330. The van der Waals surface area contributed by atoms with Crippen molar-refractivity contribution in [2.75, 3.05) is 24.3 Å². The highest BCUT2D eigenvalue weighted by atomic mass is 35.5. The minimum Gasteiger partial charge on any atom is -0.494 e. The van der Waals surface area contributed by atoms with Crippen LogP contribution >= 0.6 is 11.6 Å². The van der Waals surface area contributed by atoms with Gasteiger partial charge in [-0.25, -0.2) is 4.98 Å². The molecule has 0 radical (unpaired) electrons. The number of nitrogens with one attached hydrogen (secondary N) is 1. The number of anilines is 3. The van der Waals surface area contributed by atoms with E-state index in [1.165, 1.54) is 0 Å². The van der Waals surface area contributed by atoms with Gasteiger partial charge in [0.05, 0.1) is 18.9 Å². The lowest BCUT2D eigenvalue weighted by atomic mass is 10.2. The summed E-state index contributed by atoms with van der Waals surface area (Å²) < 4.78 is 11.1. The molecule has 2 aromatic rings. The molecule has 1 heterocycles. The summed E-state index contributed by atoms with van der Waals surface area (Å²) in [5, 5.41) is 3.49. The normalized spacial score (nSPS) is 10.2. The summed E-state index contributed by atoms with van der Waals surface area (Å²) in [6.07, 6.45) is 0. The summed E-state index contributed by atoms with van der Waals surface area (Å²) in [5.41, 5.74) is 7.05. The van der Waals surface area contributed by atoms with Crippen molar-refractivity contribution >= 4 is 28.8 Å². The molecule has 21 heavy (non-hydrogen) atoms. The molecule has 0 atom stereocenters. The molecule has 0 aliphatic carbocycles. The highest BCUT2D eigenvalue weighted by Gasteiger charge is 2.08. The molecule has 0 aliphatic rings. The molecule has 0 unspecified atom stereocenters. The maximum Gasteiger partial charge on any atom is 0.143 e. The van der Waals surface area contributed by atoms with Gasteiger partial charge in [0, 0.05) is 17.8 Å². The highest BCUT2D eigenvalue weighted by Crippen LogP contribution is 2.32. The number of halogens is 1. The maximum absolute atomic E-state index is 5.91. The van der Waals surface area contributed by atoms with Crippen LogP contribution in [0.4, 0.5) is 17.2 Å². The molecule has 0 fully saturated rings. The summed E-state index contributed by atoms with van der Waals surface area (Å²) in [6, 6.07) is 8.86. The molecule has 0 saturated heterocycles. The SMILES string of the molecule is CCOc1ccc(OCC)c(Nc2cc(N)cc(Cl)n2)c1. The standard InChI is InChI=1S/C15H18ClN3O2/c1-3-20-11-5-6-13(21-4-2)12(9-11)18-15-8-10(17)7-14(16)19-15/h5-9H,3-4H2,1-2H3,(H3,17,18,19). The van der Waals surface area contributed by atoms with Gasteiger partial charge in [-0.3, -0.25) is 0 Å². The Labute approximate surface area is 129 Å². The first-order chi connectivity index (χ1) is 10.1. The third-order valence-corrected chi connectivity index (χ3v) is 2.83. The van der Waals surface area contributed by atoms with Crippen molar-refractivity contribution in [3.05, 3.63) is 35.5 Å². The van der Waals surface area contributed by atoms with Crippen LogP contribution in [0, 0.1) is 0 Å². The highest BCUT2D eigenvalue weighted by molar-refractivity contribution is 6.29. The van der Waals surface area contributed by atoms with Crippen LogP contribution < -0.4 is 20.5 Å². The van der Waals surface area contributed by atoms with Gasteiger partial charge in [-0.1, -0.05) is 11.6 Å². The zero-order chi connectivity index (χ0) is 15.2. The van der Waals surface area contributed by atoms with E-state index < -0.39 is 0 Å². The van der Waals surface area contributed by atoms with Crippen LogP contribution in [-0.2, 0) is 0 Å². The molecule has 0 aliphatic heterocycles. The molecule has 3 N–H and O–H groups in total. The fourth-order valence-corrected chi connectivity index (χ4v) is 2.08. The van der Waals surface area contributed by atoms with Crippen molar-refractivity contribution in [2.24, 2.45) is 0 Å². The summed E-state index contributed by atoms with van der Waals surface area (Å²) in [7, 11) is 0. The number of benzene rings is 1. The van der Waals surface area contributed by atoms with Crippen LogP contribution in [-0.4, -0.2) is 18.2 Å². The number of pyridine rings is 1. The Hall–Kier alpha value is -2.14. The van der Waals surface area contributed by atoms with Crippen molar-refractivity contribution < 1.29 is 9.47 Å². The van der Waals surface area contributed by atoms with Crippen LogP contribution in [0.1, 0.15) is 13.8 Å². The summed E-state index contributed by atoms with van der Waals surface area (Å²) >= 11 is 5.91. The van der Waals surface area contributed by atoms with E-state index in [9.17, 15) is 0 Å². The molecule has 0 amide bonds. The Morgan fingerprint density at radius 3 is 2.57 bits per heavy atom. The van der Waals surface area contributed by atoms with Crippen molar-refractivity contribution in [2.45, 2.75) is 13.8 Å². The van der Waals surface area contributed by atoms with Crippen LogP contribution in [0.5, 0.6) is 11.5 Å². The van der Waals surface area contributed by atoms with Crippen molar-refractivity contribution in [1.82, 2.24) is 4.98 Å². The first-order valence-corrected chi connectivity index (χ1v) is 7.10. The van der Waals surface area contributed by atoms with Crippen LogP contribution in [0.3, 0.4) is 0 Å². The molecule has 0 saturated carbocycles. The average Bonchev–Trinajstić information content (AvgIpc) is 2.41. The second kappa shape index (κ2) is 7.04. The molecule has 112 valence electrons. The summed E-state index contributed by atoms with van der Waals surface area (Å²) in [5.74, 6) is 2.01. The van der Waals surface area contributed by atoms with E-state index >= 15 is 0 Å². The van der Waals surface area contributed by atoms with E-state index in [0.29, 0.717) is 35.6 Å². The van der Waals surface area contributed by atoms with Crippen LogP contribution in [0.2, 0.25) is 5.15 Å². The van der Waals surface area contributed by atoms with Crippen molar-refractivity contribution in [1.29, 1.82) is 0 Å². The second-order valence-electron chi connectivity index (χ2n) is 4.26. The first kappa shape index (κ1) is 15.3. The van der Waals surface area contributed by atoms with E-state index in [0.717, 1.165) is 11.4 Å². The largest absolute Gasteiger partial charge is 0.494 e. The van der Waals surface area contributed by atoms with E-state index in [4.69, 9.17) is 26.8 Å². The zero-order valence-electron chi connectivity index (χ0n) is 12.0. The fraction of sp³-hybridized carbons (Fsp3) is 0.267. The van der Waals surface area contributed by atoms with E-state index in [2.05, 4.69) is 10.3 Å². The Morgan fingerprint density at radius 1 is 1.14 bits per heavy atom. The van der Waals surface area contributed by atoms with Crippen LogP contribution in [0.25, 0.3) is 0 Å². The molecule has 1 aromatic carbocycles. The average molecular weight is 308 g/mol. The molecular weight excluding hydrogens is 290 g/mol. The van der Waals surface area contributed by atoms with Gasteiger partial charge in [-0.15, -0.1) is 0 Å². The van der Waals surface area contributed by atoms with E-state index in [1.807, 2.05) is 32.0 Å². The van der Waals surface area contributed by atoms with Gasteiger partial charge in [0.2, 0.25) is 0 Å². The predicted molar refractivity (Wildman–Crippen MR) is 85.7 cm³/mol. The van der Waals surface area contributed by atoms with Gasteiger partial charge in [0.25, 0.3) is 0 Å². The Balaban J connectivity index is 2.32. The summed E-state index contributed by atoms with van der Waals surface area (Å²) in [4.78, 5) is 4.18. The monoisotopic (exact) mass is 307 g/mol. The third kappa shape index (κ3) is 4.16. The lowest BCUT2D eigenvalue weighted by Gasteiger charge is -2.14. The predicted octanol–water partition coefficient (Wildman–Crippen LogP) is 3.86. The number of aromatic nitrogens is 1. The van der Waals surface area contributed by atoms with Gasteiger partial charge in [-0.2, -0.15) is 0 Å². The number of nitrogens with zero attached hydrogens (tertiary/aromatic N) is 1. The maximum atomic E-state index is 5.91. The van der Waals surface area contributed by atoms with Gasteiger partial charge < -0.3 is 20.5 Å². The first-order valence-electron chi connectivity index (χ1n) is 6.72. The number of ether oxygens (including phenoxy) is 2.